The van der Waals surface area contributed by atoms with Gasteiger partial charge in [0.25, 0.3) is 0 Å². The molecule has 3 aromatic rings. The predicted molar refractivity (Wildman–Crippen MR) is 71.9 cm³/mol. The highest BCUT2D eigenvalue weighted by Gasteiger charge is 2.09. The number of anilines is 1. The summed E-state index contributed by atoms with van der Waals surface area (Å²) in [6.45, 7) is 3.76. The molecule has 0 aliphatic heterocycles. The standard InChI is InChI=1S/C14H13N3/c1-2-4-12-14-9(7-8-16-12)13-10(15)5-3-6-11(13)17-14/h2-3,5-8,17H,1,4,15H2. The monoisotopic (exact) mass is 223 g/mol. The Bertz CT molecular complexity index is 710. The number of nitrogens with two attached hydrogens (primary N) is 1. The molecule has 3 heteroatoms. The van der Waals surface area contributed by atoms with Gasteiger partial charge in [0.15, 0.2) is 0 Å². The summed E-state index contributed by atoms with van der Waals surface area (Å²) in [7, 11) is 0. The molecule has 17 heavy (non-hydrogen) atoms. The smallest absolute Gasteiger partial charge is 0.0688 e. The molecular formula is C14H13N3. The van der Waals surface area contributed by atoms with Gasteiger partial charge in [0.1, 0.15) is 0 Å². The molecule has 0 unspecified atom stereocenters. The lowest BCUT2D eigenvalue weighted by Crippen LogP contribution is -1.88. The summed E-state index contributed by atoms with van der Waals surface area (Å²) >= 11 is 0. The molecule has 0 bridgehead atoms. The van der Waals surface area contributed by atoms with Gasteiger partial charge in [0.05, 0.1) is 11.2 Å². The van der Waals surface area contributed by atoms with Crippen molar-refractivity contribution in [3.8, 4) is 0 Å². The highest BCUT2D eigenvalue weighted by Crippen LogP contribution is 2.30. The van der Waals surface area contributed by atoms with Crippen molar-refractivity contribution in [1.29, 1.82) is 0 Å². The SMILES string of the molecule is C=CCc1nccc2c1[nH]c1cccc(N)c12. The van der Waals surface area contributed by atoms with E-state index >= 15 is 0 Å². The van der Waals surface area contributed by atoms with Crippen molar-refractivity contribution in [2.24, 2.45) is 0 Å². The highest BCUT2D eigenvalue weighted by molar-refractivity contribution is 6.13. The van der Waals surface area contributed by atoms with Gasteiger partial charge in [0, 0.05) is 34.6 Å². The van der Waals surface area contributed by atoms with Gasteiger partial charge in [-0.25, -0.2) is 0 Å². The second-order valence-electron chi connectivity index (χ2n) is 4.07. The van der Waals surface area contributed by atoms with Gasteiger partial charge in [-0.1, -0.05) is 12.1 Å². The molecule has 0 saturated carbocycles. The molecule has 0 fully saturated rings. The summed E-state index contributed by atoms with van der Waals surface area (Å²) in [5.41, 5.74) is 9.94. The van der Waals surface area contributed by atoms with Crippen molar-refractivity contribution in [3.63, 3.8) is 0 Å². The van der Waals surface area contributed by atoms with E-state index in [-0.39, 0.29) is 0 Å². The molecule has 0 spiro atoms. The number of aromatic amines is 1. The third-order valence-corrected chi connectivity index (χ3v) is 2.99. The van der Waals surface area contributed by atoms with E-state index in [2.05, 4.69) is 16.5 Å². The van der Waals surface area contributed by atoms with E-state index in [4.69, 9.17) is 5.73 Å². The maximum absolute atomic E-state index is 6.03. The number of hydrogen-bond acceptors (Lipinski definition) is 2. The van der Waals surface area contributed by atoms with Gasteiger partial charge >= 0.3 is 0 Å². The minimum Gasteiger partial charge on any atom is -0.398 e. The first-order valence-corrected chi connectivity index (χ1v) is 5.56. The van der Waals surface area contributed by atoms with E-state index in [1.807, 2.05) is 36.5 Å². The van der Waals surface area contributed by atoms with Crippen LogP contribution in [-0.2, 0) is 6.42 Å². The summed E-state index contributed by atoms with van der Waals surface area (Å²) in [6.07, 6.45) is 4.43. The Morgan fingerprint density at radius 3 is 3.06 bits per heavy atom. The zero-order valence-electron chi connectivity index (χ0n) is 9.40. The maximum atomic E-state index is 6.03. The van der Waals surface area contributed by atoms with E-state index in [0.717, 1.165) is 39.6 Å². The molecule has 0 radical (unpaired) electrons. The number of nitrogens with zero attached hydrogens (tertiary/aromatic N) is 1. The largest absolute Gasteiger partial charge is 0.398 e. The number of allylic oxidation sites excluding steroid dienone is 1. The van der Waals surface area contributed by atoms with Gasteiger partial charge in [-0.3, -0.25) is 4.98 Å². The number of H-pyrrole nitrogens is 1. The molecule has 1 aromatic carbocycles. The number of benzene rings is 1. The Balaban J connectivity index is 2.47. The van der Waals surface area contributed by atoms with Crippen molar-refractivity contribution in [3.05, 3.63) is 48.8 Å². The second-order valence-corrected chi connectivity index (χ2v) is 4.07. The summed E-state index contributed by atoms with van der Waals surface area (Å²) in [6, 6.07) is 7.90. The summed E-state index contributed by atoms with van der Waals surface area (Å²) < 4.78 is 0. The normalized spacial score (nSPS) is 11.1. The number of hydrogen-bond donors (Lipinski definition) is 2. The Morgan fingerprint density at radius 2 is 2.24 bits per heavy atom. The number of aromatic nitrogens is 2. The Kier molecular flexibility index (Phi) is 2.11. The van der Waals surface area contributed by atoms with Crippen LogP contribution in [0.5, 0.6) is 0 Å². The topological polar surface area (TPSA) is 54.7 Å². The lowest BCUT2D eigenvalue weighted by atomic mass is 10.1. The fourth-order valence-electron chi connectivity index (χ4n) is 2.25. The van der Waals surface area contributed by atoms with Crippen LogP contribution >= 0.6 is 0 Å². The van der Waals surface area contributed by atoms with Crippen LogP contribution in [0.15, 0.2) is 43.1 Å². The zero-order valence-corrected chi connectivity index (χ0v) is 9.40. The van der Waals surface area contributed by atoms with Crippen LogP contribution in [0.3, 0.4) is 0 Å². The van der Waals surface area contributed by atoms with Crippen LogP contribution in [0, 0.1) is 0 Å². The number of nitrogen functional groups attached to an aromatic ring is 1. The lowest BCUT2D eigenvalue weighted by Gasteiger charge is -1.98. The Morgan fingerprint density at radius 1 is 1.35 bits per heavy atom. The second kappa shape index (κ2) is 3.63. The molecule has 2 heterocycles. The molecule has 0 aliphatic rings. The van der Waals surface area contributed by atoms with Crippen molar-refractivity contribution in [2.75, 3.05) is 5.73 Å². The minimum atomic E-state index is 0.754. The maximum Gasteiger partial charge on any atom is 0.0688 e. The van der Waals surface area contributed by atoms with Gasteiger partial charge in [0.2, 0.25) is 0 Å². The van der Waals surface area contributed by atoms with E-state index in [1.54, 1.807) is 0 Å². The predicted octanol–water partition coefficient (Wildman–Crippen LogP) is 3.03. The molecule has 2 aromatic heterocycles. The average Bonchev–Trinajstić information content (AvgIpc) is 2.70. The van der Waals surface area contributed by atoms with Gasteiger partial charge < -0.3 is 10.7 Å². The number of pyridine rings is 1. The first-order valence-electron chi connectivity index (χ1n) is 5.56. The zero-order chi connectivity index (χ0) is 11.8. The van der Waals surface area contributed by atoms with Crippen molar-refractivity contribution in [2.45, 2.75) is 6.42 Å². The molecule has 0 atom stereocenters. The van der Waals surface area contributed by atoms with Gasteiger partial charge in [-0.2, -0.15) is 0 Å². The van der Waals surface area contributed by atoms with E-state index in [1.165, 1.54) is 0 Å². The summed E-state index contributed by atoms with van der Waals surface area (Å²) in [4.78, 5) is 7.76. The van der Waals surface area contributed by atoms with Crippen LogP contribution in [0.1, 0.15) is 5.69 Å². The summed E-state index contributed by atoms with van der Waals surface area (Å²) in [5.74, 6) is 0. The average molecular weight is 223 g/mol. The van der Waals surface area contributed by atoms with E-state index in [9.17, 15) is 0 Å². The number of rotatable bonds is 2. The van der Waals surface area contributed by atoms with Gasteiger partial charge in [-0.15, -0.1) is 6.58 Å². The van der Waals surface area contributed by atoms with Crippen molar-refractivity contribution in [1.82, 2.24) is 9.97 Å². The molecule has 3 N–H and O–H groups in total. The van der Waals surface area contributed by atoms with Gasteiger partial charge in [-0.05, 0) is 18.2 Å². The van der Waals surface area contributed by atoms with Crippen LogP contribution in [0.25, 0.3) is 21.8 Å². The molecule has 0 aliphatic carbocycles. The Labute approximate surface area is 99.0 Å². The quantitative estimate of drug-likeness (QED) is 0.518. The van der Waals surface area contributed by atoms with E-state index in [0.29, 0.717) is 0 Å². The fraction of sp³-hybridized carbons (Fsp3) is 0.0714. The Hall–Kier alpha value is -2.29. The third-order valence-electron chi connectivity index (χ3n) is 2.99. The molecule has 3 rings (SSSR count). The first kappa shape index (κ1) is 9.90. The van der Waals surface area contributed by atoms with Crippen LogP contribution in [0.2, 0.25) is 0 Å². The lowest BCUT2D eigenvalue weighted by molar-refractivity contribution is 1.13. The molecule has 3 nitrogen and oxygen atoms in total. The van der Waals surface area contributed by atoms with E-state index < -0.39 is 0 Å². The molecule has 0 amide bonds. The van der Waals surface area contributed by atoms with Crippen molar-refractivity contribution >= 4 is 27.5 Å². The fourth-order valence-corrected chi connectivity index (χ4v) is 2.25. The molecule has 0 saturated heterocycles. The van der Waals surface area contributed by atoms with Crippen molar-refractivity contribution < 1.29 is 0 Å². The third kappa shape index (κ3) is 1.40. The minimum absolute atomic E-state index is 0.754. The summed E-state index contributed by atoms with van der Waals surface area (Å²) in [5, 5.41) is 2.21. The highest BCUT2D eigenvalue weighted by atomic mass is 14.8. The molecular weight excluding hydrogens is 210 g/mol. The number of fused-ring (bicyclic) bond motifs is 3. The van der Waals surface area contributed by atoms with Crippen LogP contribution in [0.4, 0.5) is 5.69 Å². The molecule has 84 valence electrons. The van der Waals surface area contributed by atoms with Crippen LogP contribution < -0.4 is 5.73 Å². The first-order chi connectivity index (χ1) is 8.31. The number of nitrogens with one attached hydrogen (secondary N) is 1. The van der Waals surface area contributed by atoms with Crippen LogP contribution in [-0.4, -0.2) is 9.97 Å².